The van der Waals surface area contributed by atoms with Gasteiger partial charge in [-0.1, -0.05) is 41.9 Å². The number of rotatable bonds is 4. The van der Waals surface area contributed by atoms with Crippen LogP contribution in [0.4, 0.5) is 5.69 Å². The lowest BCUT2D eigenvalue weighted by Crippen LogP contribution is -2.26. The number of hydrogen-bond acceptors (Lipinski definition) is 2. The number of nitrogens with two attached hydrogens (primary N) is 1. The van der Waals surface area contributed by atoms with Gasteiger partial charge in [0, 0.05) is 6.54 Å². The molecule has 0 saturated heterocycles. The summed E-state index contributed by atoms with van der Waals surface area (Å²) in [5, 5.41) is 3.26. The summed E-state index contributed by atoms with van der Waals surface area (Å²) in [6, 6.07) is 13.2. The molecule has 2 aromatic rings. The molecule has 0 fully saturated rings. The van der Waals surface area contributed by atoms with E-state index >= 15 is 0 Å². The molecule has 104 valence electrons. The fraction of sp³-hybridized carbons (Fsp3) is 0.188. The molecule has 0 heterocycles. The van der Waals surface area contributed by atoms with E-state index in [0.717, 1.165) is 6.42 Å². The lowest BCUT2D eigenvalue weighted by atomic mass is 10.1. The quantitative estimate of drug-likeness (QED) is 0.849. The molecule has 3 N–H and O–H groups in total. The van der Waals surface area contributed by atoms with Crippen molar-refractivity contribution in [3.05, 3.63) is 64.2 Å². The van der Waals surface area contributed by atoms with Crippen molar-refractivity contribution in [2.75, 3.05) is 12.3 Å². The van der Waals surface area contributed by atoms with Crippen LogP contribution >= 0.6 is 11.6 Å². The van der Waals surface area contributed by atoms with E-state index in [0.29, 0.717) is 22.8 Å². The molecule has 1 amide bonds. The average molecular weight is 289 g/mol. The minimum absolute atomic E-state index is 0.196. The lowest BCUT2D eigenvalue weighted by Gasteiger charge is -2.09. The summed E-state index contributed by atoms with van der Waals surface area (Å²) in [5.74, 6) is -0.196. The first kappa shape index (κ1) is 14.4. The third-order valence-corrected chi connectivity index (χ3v) is 3.57. The molecule has 2 aromatic carbocycles. The van der Waals surface area contributed by atoms with Crippen LogP contribution in [0.3, 0.4) is 0 Å². The molecular weight excluding hydrogens is 272 g/mol. The van der Waals surface area contributed by atoms with Gasteiger partial charge in [-0.2, -0.15) is 0 Å². The Kier molecular flexibility index (Phi) is 4.64. The smallest absolute Gasteiger partial charge is 0.253 e. The van der Waals surface area contributed by atoms with Crippen molar-refractivity contribution in [2.24, 2.45) is 0 Å². The maximum absolute atomic E-state index is 12.0. The molecule has 20 heavy (non-hydrogen) atoms. The Morgan fingerprint density at radius 1 is 1.20 bits per heavy atom. The minimum Gasteiger partial charge on any atom is -0.397 e. The first-order chi connectivity index (χ1) is 9.59. The second-order valence-electron chi connectivity index (χ2n) is 4.63. The number of nitrogen functional groups attached to an aromatic ring is 1. The van der Waals surface area contributed by atoms with Crippen molar-refractivity contribution in [3.8, 4) is 0 Å². The molecule has 0 aromatic heterocycles. The van der Waals surface area contributed by atoms with Crippen molar-refractivity contribution in [1.29, 1.82) is 0 Å². The highest BCUT2D eigenvalue weighted by Crippen LogP contribution is 2.22. The summed E-state index contributed by atoms with van der Waals surface area (Å²) in [6.45, 7) is 2.63. The van der Waals surface area contributed by atoms with E-state index in [4.69, 9.17) is 17.3 Å². The Morgan fingerprint density at radius 2 is 1.95 bits per heavy atom. The molecule has 4 heteroatoms. The number of benzene rings is 2. The van der Waals surface area contributed by atoms with E-state index in [2.05, 4.69) is 24.4 Å². The van der Waals surface area contributed by atoms with Crippen LogP contribution in [0.2, 0.25) is 5.02 Å². The number of carbonyl (C=O) groups excluding carboxylic acids is 1. The highest BCUT2D eigenvalue weighted by Gasteiger charge is 2.11. The third-order valence-electron chi connectivity index (χ3n) is 3.24. The SMILES string of the molecule is Cc1ccccc1CCNC(=O)c1cccc(Cl)c1N. The van der Waals surface area contributed by atoms with Gasteiger partial charge in [-0.05, 0) is 36.6 Å². The number of halogens is 1. The Labute approximate surface area is 123 Å². The number of carbonyl (C=O) groups is 1. The molecule has 0 aliphatic rings. The van der Waals surface area contributed by atoms with Crippen LogP contribution in [0.15, 0.2) is 42.5 Å². The molecule has 0 bridgehead atoms. The van der Waals surface area contributed by atoms with Crippen molar-refractivity contribution < 1.29 is 4.79 Å². The van der Waals surface area contributed by atoms with Crippen LogP contribution in [0.25, 0.3) is 0 Å². The van der Waals surface area contributed by atoms with Gasteiger partial charge in [-0.3, -0.25) is 4.79 Å². The predicted octanol–water partition coefficient (Wildman–Crippen LogP) is 3.20. The maximum atomic E-state index is 12.0. The molecule has 0 atom stereocenters. The van der Waals surface area contributed by atoms with Gasteiger partial charge in [-0.25, -0.2) is 0 Å². The van der Waals surface area contributed by atoms with Crippen LogP contribution in [-0.4, -0.2) is 12.5 Å². The van der Waals surface area contributed by atoms with E-state index < -0.39 is 0 Å². The zero-order chi connectivity index (χ0) is 14.5. The molecule has 0 saturated carbocycles. The summed E-state index contributed by atoms with van der Waals surface area (Å²) in [6.07, 6.45) is 0.791. The lowest BCUT2D eigenvalue weighted by molar-refractivity contribution is 0.0955. The molecule has 0 radical (unpaired) electrons. The van der Waals surface area contributed by atoms with Crippen LogP contribution < -0.4 is 11.1 Å². The van der Waals surface area contributed by atoms with E-state index in [9.17, 15) is 4.79 Å². The molecule has 0 spiro atoms. The number of aryl methyl sites for hydroxylation is 1. The van der Waals surface area contributed by atoms with Crippen molar-refractivity contribution in [1.82, 2.24) is 5.32 Å². The van der Waals surface area contributed by atoms with Crippen molar-refractivity contribution in [3.63, 3.8) is 0 Å². The Morgan fingerprint density at radius 3 is 2.70 bits per heavy atom. The number of para-hydroxylation sites is 1. The van der Waals surface area contributed by atoms with Crippen LogP contribution in [0, 0.1) is 6.92 Å². The van der Waals surface area contributed by atoms with Gasteiger partial charge in [0.25, 0.3) is 5.91 Å². The van der Waals surface area contributed by atoms with E-state index in [1.54, 1.807) is 18.2 Å². The van der Waals surface area contributed by atoms with Gasteiger partial charge in [0.2, 0.25) is 0 Å². The minimum atomic E-state index is -0.196. The zero-order valence-corrected chi connectivity index (χ0v) is 12.1. The number of amides is 1. The summed E-state index contributed by atoms with van der Waals surface area (Å²) >= 11 is 5.90. The topological polar surface area (TPSA) is 55.1 Å². The average Bonchev–Trinajstić information content (AvgIpc) is 2.44. The zero-order valence-electron chi connectivity index (χ0n) is 11.3. The molecule has 0 aliphatic heterocycles. The van der Waals surface area contributed by atoms with Gasteiger partial charge in [0.05, 0.1) is 16.3 Å². The monoisotopic (exact) mass is 288 g/mol. The summed E-state index contributed by atoms with van der Waals surface area (Å²) in [5.41, 5.74) is 8.99. The Hall–Kier alpha value is -2.00. The summed E-state index contributed by atoms with van der Waals surface area (Å²) in [7, 11) is 0. The summed E-state index contributed by atoms with van der Waals surface area (Å²) < 4.78 is 0. The molecule has 3 nitrogen and oxygen atoms in total. The molecular formula is C16H17ClN2O. The molecule has 2 rings (SSSR count). The Balaban J connectivity index is 1.96. The fourth-order valence-electron chi connectivity index (χ4n) is 2.03. The standard InChI is InChI=1S/C16H17ClN2O/c1-11-5-2-3-6-12(11)9-10-19-16(20)13-7-4-8-14(17)15(13)18/h2-8H,9-10,18H2,1H3,(H,19,20). The second kappa shape index (κ2) is 6.44. The molecule has 0 aliphatic carbocycles. The van der Waals surface area contributed by atoms with Crippen LogP contribution in [0.5, 0.6) is 0 Å². The van der Waals surface area contributed by atoms with Gasteiger partial charge >= 0.3 is 0 Å². The second-order valence-corrected chi connectivity index (χ2v) is 5.04. The van der Waals surface area contributed by atoms with Crippen molar-refractivity contribution in [2.45, 2.75) is 13.3 Å². The van der Waals surface area contributed by atoms with Gasteiger partial charge in [-0.15, -0.1) is 0 Å². The Bertz CT molecular complexity index is 626. The van der Waals surface area contributed by atoms with E-state index in [1.807, 2.05) is 12.1 Å². The first-order valence-corrected chi connectivity index (χ1v) is 6.84. The maximum Gasteiger partial charge on any atom is 0.253 e. The number of nitrogens with one attached hydrogen (secondary N) is 1. The number of anilines is 1. The van der Waals surface area contributed by atoms with Gasteiger partial charge in [0.15, 0.2) is 0 Å². The van der Waals surface area contributed by atoms with Gasteiger partial charge < -0.3 is 11.1 Å². The summed E-state index contributed by atoms with van der Waals surface area (Å²) in [4.78, 5) is 12.0. The third kappa shape index (κ3) is 3.31. The predicted molar refractivity (Wildman–Crippen MR) is 83.1 cm³/mol. The van der Waals surface area contributed by atoms with Crippen LogP contribution in [0.1, 0.15) is 21.5 Å². The largest absolute Gasteiger partial charge is 0.397 e. The fourth-order valence-corrected chi connectivity index (χ4v) is 2.21. The first-order valence-electron chi connectivity index (χ1n) is 6.46. The van der Waals surface area contributed by atoms with Crippen molar-refractivity contribution >= 4 is 23.2 Å². The highest BCUT2D eigenvalue weighted by atomic mass is 35.5. The van der Waals surface area contributed by atoms with Crippen LogP contribution in [-0.2, 0) is 6.42 Å². The van der Waals surface area contributed by atoms with Gasteiger partial charge in [0.1, 0.15) is 0 Å². The molecule has 0 unspecified atom stereocenters. The van der Waals surface area contributed by atoms with E-state index in [1.165, 1.54) is 11.1 Å². The highest BCUT2D eigenvalue weighted by molar-refractivity contribution is 6.33. The normalized spacial score (nSPS) is 10.3. The number of hydrogen-bond donors (Lipinski definition) is 2. The van der Waals surface area contributed by atoms with E-state index in [-0.39, 0.29) is 5.91 Å².